The van der Waals surface area contributed by atoms with E-state index < -0.39 is 41.5 Å². The predicted octanol–water partition coefficient (Wildman–Crippen LogP) is 4.14. The van der Waals surface area contributed by atoms with E-state index in [-0.39, 0.29) is 5.69 Å². The number of hydrogen-bond donors (Lipinski definition) is 1. The van der Waals surface area contributed by atoms with E-state index >= 15 is 0 Å². The number of nitrogens with two attached hydrogens (primary N) is 1. The molecule has 0 unspecified atom stereocenters. The van der Waals surface area contributed by atoms with Gasteiger partial charge in [-0.3, -0.25) is 4.79 Å². The standard InChI is InChI=1S/C17H12F6N2O/c18-16(19,20)10-6-4-9(5-7-10)14-13(24)15(26)25(14)12-3-1-2-11(8-12)17(21,22)23/h1-8,13-14H,24H2/t13-,14+/m0/s1. The molecular weight excluding hydrogens is 362 g/mol. The lowest BCUT2D eigenvalue weighted by Crippen LogP contribution is -2.63. The number of carbonyl (C=O) groups excluding carboxylic acids is 1. The molecule has 0 aliphatic carbocycles. The van der Waals surface area contributed by atoms with Crippen LogP contribution in [0.5, 0.6) is 0 Å². The number of rotatable bonds is 2. The highest BCUT2D eigenvalue weighted by Gasteiger charge is 2.47. The lowest BCUT2D eigenvalue weighted by atomic mass is 9.87. The fourth-order valence-corrected chi connectivity index (χ4v) is 2.86. The van der Waals surface area contributed by atoms with E-state index in [2.05, 4.69) is 0 Å². The highest BCUT2D eigenvalue weighted by Crippen LogP contribution is 2.41. The van der Waals surface area contributed by atoms with Gasteiger partial charge < -0.3 is 10.6 Å². The highest BCUT2D eigenvalue weighted by atomic mass is 19.4. The summed E-state index contributed by atoms with van der Waals surface area (Å²) in [5, 5.41) is 0. The Kier molecular flexibility index (Phi) is 4.22. The predicted molar refractivity (Wildman–Crippen MR) is 81.1 cm³/mol. The van der Waals surface area contributed by atoms with Crippen LogP contribution in [0.25, 0.3) is 0 Å². The molecule has 1 aliphatic rings. The third-order valence-corrected chi connectivity index (χ3v) is 4.17. The Hall–Kier alpha value is -2.55. The van der Waals surface area contributed by atoms with Crippen molar-refractivity contribution in [3.63, 3.8) is 0 Å². The zero-order valence-corrected chi connectivity index (χ0v) is 13.0. The molecule has 0 bridgehead atoms. The molecule has 1 saturated heterocycles. The van der Waals surface area contributed by atoms with Crippen molar-refractivity contribution in [1.29, 1.82) is 0 Å². The summed E-state index contributed by atoms with van der Waals surface area (Å²) in [6.45, 7) is 0. The topological polar surface area (TPSA) is 46.3 Å². The molecule has 2 atom stereocenters. The Balaban J connectivity index is 1.94. The van der Waals surface area contributed by atoms with Crippen LogP contribution in [0.2, 0.25) is 0 Å². The number of β-lactam (4-membered cyclic amide) rings is 1. The molecule has 2 aromatic carbocycles. The monoisotopic (exact) mass is 374 g/mol. The van der Waals surface area contributed by atoms with Crippen LogP contribution < -0.4 is 10.6 Å². The van der Waals surface area contributed by atoms with E-state index in [4.69, 9.17) is 5.73 Å². The van der Waals surface area contributed by atoms with Gasteiger partial charge in [0.15, 0.2) is 0 Å². The van der Waals surface area contributed by atoms with Crippen LogP contribution >= 0.6 is 0 Å². The number of carbonyl (C=O) groups is 1. The average Bonchev–Trinajstić information content (AvgIpc) is 2.57. The first-order chi connectivity index (χ1) is 12.0. The summed E-state index contributed by atoms with van der Waals surface area (Å²) >= 11 is 0. The summed E-state index contributed by atoms with van der Waals surface area (Å²) < 4.78 is 76.6. The van der Waals surface area contributed by atoms with E-state index in [0.29, 0.717) is 5.56 Å². The van der Waals surface area contributed by atoms with Crippen molar-refractivity contribution in [3.05, 3.63) is 65.2 Å². The van der Waals surface area contributed by atoms with Crippen molar-refractivity contribution in [2.24, 2.45) is 5.73 Å². The second-order valence-electron chi connectivity index (χ2n) is 5.85. The molecule has 2 aromatic rings. The van der Waals surface area contributed by atoms with Crippen molar-refractivity contribution >= 4 is 11.6 Å². The van der Waals surface area contributed by atoms with Crippen LogP contribution in [-0.2, 0) is 17.1 Å². The number of amides is 1. The molecular formula is C17H12F6N2O. The van der Waals surface area contributed by atoms with Crippen molar-refractivity contribution in [1.82, 2.24) is 0 Å². The molecule has 1 fully saturated rings. The number of benzene rings is 2. The van der Waals surface area contributed by atoms with Gasteiger partial charge in [-0.1, -0.05) is 18.2 Å². The summed E-state index contributed by atoms with van der Waals surface area (Å²) in [5.74, 6) is -0.603. The van der Waals surface area contributed by atoms with Crippen LogP contribution in [0.1, 0.15) is 22.7 Å². The quantitative estimate of drug-likeness (QED) is 0.634. The normalized spacial score (nSPS) is 20.9. The molecule has 0 radical (unpaired) electrons. The van der Waals surface area contributed by atoms with Crippen LogP contribution in [0.3, 0.4) is 0 Å². The van der Waals surface area contributed by atoms with Gasteiger partial charge in [0.05, 0.1) is 17.2 Å². The van der Waals surface area contributed by atoms with Gasteiger partial charge in [-0.25, -0.2) is 0 Å². The first kappa shape index (κ1) is 18.2. The van der Waals surface area contributed by atoms with Crippen molar-refractivity contribution in [2.45, 2.75) is 24.4 Å². The molecule has 1 amide bonds. The summed E-state index contributed by atoms with van der Waals surface area (Å²) in [5.41, 5.74) is 4.22. The Morgan fingerprint density at radius 3 is 1.96 bits per heavy atom. The first-order valence-corrected chi connectivity index (χ1v) is 7.43. The lowest BCUT2D eigenvalue weighted by molar-refractivity contribution is -0.138. The van der Waals surface area contributed by atoms with Gasteiger partial charge in [-0.05, 0) is 35.9 Å². The van der Waals surface area contributed by atoms with Gasteiger partial charge in [0.1, 0.15) is 6.04 Å². The van der Waals surface area contributed by atoms with Crippen LogP contribution in [-0.4, -0.2) is 11.9 Å². The first-order valence-electron chi connectivity index (χ1n) is 7.43. The molecule has 0 spiro atoms. The number of hydrogen-bond acceptors (Lipinski definition) is 2. The minimum atomic E-state index is -4.59. The second-order valence-corrected chi connectivity index (χ2v) is 5.85. The zero-order chi connectivity index (χ0) is 19.3. The summed E-state index contributed by atoms with van der Waals surface area (Å²) in [4.78, 5) is 13.1. The zero-order valence-electron chi connectivity index (χ0n) is 13.0. The van der Waals surface area contributed by atoms with Crippen LogP contribution in [0.4, 0.5) is 32.0 Å². The number of halogens is 6. The van der Waals surface area contributed by atoms with E-state index in [9.17, 15) is 31.1 Å². The number of alkyl halides is 6. The minimum absolute atomic E-state index is 0.0172. The summed E-state index contributed by atoms with van der Waals surface area (Å²) in [6, 6.07) is 6.27. The van der Waals surface area contributed by atoms with Gasteiger partial charge in [0.25, 0.3) is 0 Å². The third kappa shape index (κ3) is 3.14. The second kappa shape index (κ2) is 6.01. The highest BCUT2D eigenvalue weighted by molar-refractivity contribution is 6.05. The maximum Gasteiger partial charge on any atom is 0.416 e. The molecule has 3 nitrogen and oxygen atoms in total. The number of nitrogens with zero attached hydrogens (tertiary/aromatic N) is 1. The third-order valence-electron chi connectivity index (χ3n) is 4.17. The van der Waals surface area contributed by atoms with Crippen molar-refractivity contribution in [2.75, 3.05) is 4.90 Å². The Morgan fingerprint density at radius 2 is 1.42 bits per heavy atom. The van der Waals surface area contributed by atoms with E-state index in [0.717, 1.165) is 35.2 Å². The molecule has 0 aromatic heterocycles. The van der Waals surface area contributed by atoms with Crippen molar-refractivity contribution < 1.29 is 31.1 Å². The number of anilines is 1. The van der Waals surface area contributed by atoms with Gasteiger partial charge in [0, 0.05) is 5.69 Å². The maximum atomic E-state index is 12.9. The fourth-order valence-electron chi connectivity index (χ4n) is 2.86. The molecule has 2 N–H and O–H groups in total. The molecule has 138 valence electrons. The van der Waals surface area contributed by atoms with Gasteiger partial charge in [-0.15, -0.1) is 0 Å². The lowest BCUT2D eigenvalue weighted by Gasteiger charge is -2.45. The SMILES string of the molecule is N[C@@H]1C(=O)N(c2cccc(C(F)(F)F)c2)[C@@H]1c1ccc(C(F)(F)F)cc1. The Labute approximate surface area is 144 Å². The molecule has 3 rings (SSSR count). The van der Waals surface area contributed by atoms with Gasteiger partial charge in [0.2, 0.25) is 5.91 Å². The molecule has 9 heteroatoms. The average molecular weight is 374 g/mol. The fraction of sp³-hybridized carbons (Fsp3) is 0.235. The van der Waals surface area contributed by atoms with E-state index in [1.807, 2.05) is 0 Å². The van der Waals surface area contributed by atoms with Gasteiger partial charge in [-0.2, -0.15) is 26.3 Å². The molecule has 0 saturated carbocycles. The maximum absolute atomic E-state index is 12.9. The Bertz CT molecular complexity index is 828. The van der Waals surface area contributed by atoms with E-state index in [1.165, 1.54) is 18.2 Å². The van der Waals surface area contributed by atoms with Crippen LogP contribution in [0.15, 0.2) is 48.5 Å². The van der Waals surface area contributed by atoms with Gasteiger partial charge >= 0.3 is 12.4 Å². The molecule has 26 heavy (non-hydrogen) atoms. The molecule has 1 heterocycles. The van der Waals surface area contributed by atoms with Crippen LogP contribution in [0, 0.1) is 0 Å². The van der Waals surface area contributed by atoms with E-state index in [1.54, 1.807) is 0 Å². The largest absolute Gasteiger partial charge is 0.416 e. The summed E-state index contributed by atoms with van der Waals surface area (Å²) in [7, 11) is 0. The van der Waals surface area contributed by atoms with Crippen molar-refractivity contribution in [3.8, 4) is 0 Å². The molecule has 1 aliphatic heterocycles. The minimum Gasteiger partial charge on any atom is -0.318 e. The summed E-state index contributed by atoms with van der Waals surface area (Å²) in [6.07, 6.45) is -9.10. The smallest absolute Gasteiger partial charge is 0.318 e. The Morgan fingerprint density at radius 1 is 0.846 bits per heavy atom.